The highest BCUT2D eigenvalue weighted by Gasteiger charge is 2.28. The monoisotopic (exact) mass is 482 g/mol. The van der Waals surface area contributed by atoms with E-state index in [0.29, 0.717) is 36.6 Å². The van der Waals surface area contributed by atoms with Crippen LogP contribution in [-0.4, -0.2) is 52.0 Å². The second-order valence-electron chi connectivity index (χ2n) is 7.98. The van der Waals surface area contributed by atoms with E-state index in [1.807, 2.05) is 0 Å². The highest BCUT2D eigenvalue weighted by molar-refractivity contribution is 7.89. The standard InChI is InChI=1S/C23H28F2N2O5S/c1-16-10-13-27(14-11-16)33(29,30)19-6-4-18(5-7-19)22(28)26-12-9-17-3-8-20(31-2)21(15-17)32-23(24)25/h3-8,15-16,23H,9-14H2,1-2H3,(H,26,28). The van der Waals surface area contributed by atoms with Gasteiger partial charge in [0.2, 0.25) is 10.0 Å². The second kappa shape index (κ2) is 10.9. The molecule has 1 amide bonds. The van der Waals surface area contributed by atoms with Gasteiger partial charge >= 0.3 is 6.61 Å². The SMILES string of the molecule is COc1ccc(CCNC(=O)c2ccc(S(=O)(=O)N3CCC(C)CC3)cc2)cc1OC(F)F. The van der Waals surface area contributed by atoms with Gasteiger partial charge in [-0.3, -0.25) is 4.79 Å². The lowest BCUT2D eigenvalue weighted by Gasteiger charge is -2.29. The largest absolute Gasteiger partial charge is 0.493 e. The molecular weight excluding hydrogens is 454 g/mol. The number of carbonyl (C=O) groups is 1. The lowest BCUT2D eigenvalue weighted by Crippen LogP contribution is -2.37. The third-order valence-electron chi connectivity index (χ3n) is 5.64. The van der Waals surface area contributed by atoms with Gasteiger partial charge in [-0.25, -0.2) is 8.42 Å². The van der Waals surface area contributed by atoms with Crippen molar-refractivity contribution in [3.05, 3.63) is 53.6 Å². The van der Waals surface area contributed by atoms with Crippen LogP contribution in [0.5, 0.6) is 11.5 Å². The Morgan fingerprint density at radius 2 is 1.79 bits per heavy atom. The molecule has 1 N–H and O–H groups in total. The van der Waals surface area contributed by atoms with Crippen LogP contribution in [-0.2, 0) is 16.4 Å². The molecule has 0 bridgehead atoms. The summed E-state index contributed by atoms with van der Waals surface area (Å²) in [7, 11) is -2.22. The number of methoxy groups -OCH3 is 1. The van der Waals surface area contributed by atoms with Crippen molar-refractivity contribution >= 4 is 15.9 Å². The summed E-state index contributed by atoms with van der Waals surface area (Å²) in [6.07, 6.45) is 2.06. The third kappa shape index (κ3) is 6.42. The lowest BCUT2D eigenvalue weighted by molar-refractivity contribution is -0.0512. The van der Waals surface area contributed by atoms with E-state index in [1.165, 1.54) is 47.8 Å². The van der Waals surface area contributed by atoms with Crippen LogP contribution in [0.1, 0.15) is 35.7 Å². The normalized spacial score (nSPS) is 15.4. The maximum Gasteiger partial charge on any atom is 0.387 e. The Hall–Kier alpha value is -2.72. The molecule has 0 radical (unpaired) electrons. The summed E-state index contributed by atoms with van der Waals surface area (Å²) >= 11 is 0. The number of rotatable bonds is 9. The highest BCUT2D eigenvalue weighted by Crippen LogP contribution is 2.29. The van der Waals surface area contributed by atoms with Crippen LogP contribution in [0.3, 0.4) is 0 Å². The molecule has 0 aliphatic carbocycles. The molecule has 0 unspecified atom stereocenters. The maximum absolute atomic E-state index is 12.8. The number of benzene rings is 2. The average Bonchev–Trinajstić information content (AvgIpc) is 2.79. The Morgan fingerprint density at radius 3 is 2.39 bits per heavy atom. The first-order valence-corrected chi connectivity index (χ1v) is 12.1. The fourth-order valence-corrected chi connectivity index (χ4v) is 5.11. The molecule has 33 heavy (non-hydrogen) atoms. The summed E-state index contributed by atoms with van der Waals surface area (Å²) in [4.78, 5) is 12.6. The number of hydrogen-bond donors (Lipinski definition) is 1. The van der Waals surface area contributed by atoms with E-state index in [4.69, 9.17) is 4.74 Å². The zero-order valence-corrected chi connectivity index (χ0v) is 19.4. The first kappa shape index (κ1) is 24.9. The minimum atomic E-state index is -3.57. The quantitative estimate of drug-likeness (QED) is 0.589. The molecule has 1 saturated heterocycles. The lowest BCUT2D eigenvalue weighted by atomic mass is 10.0. The summed E-state index contributed by atoms with van der Waals surface area (Å²) in [5.74, 6) is 0.278. The molecule has 0 atom stereocenters. The van der Waals surface area contributed by atoms with E-state index < -0.39 is 16.6 Å². The summed E-state index contributed by atoms with van der Waals surface area (Å²) in [6.45, 7) is 0.398. The Balaban J connectivity index is 1.57. The number of halogens is 2. The number of hydrogen-bond acceptors (Lipinski definition) is 5. The molecule has 2 aromatic carbocycles. The van der Waals surface area contributed by atoms with Crippen molar-refractivity contribution in [2.75, 3.05) is 26.7 Å². The van der Waals surface area contributed by atoms with Gasteiger partial charge in [-0.1, -0.05) is 13.0 Å². The van der Waals surface area contributed by atoms with Crippen molar-refractivity contribution in [3.63, 3.8) is 0 Å². The molecule has 1 aliphatic rings. The van der Waals surface area contributed by atoms with Gasteiger partial charge in [0, 0.05) is 25.2 Å². The van der Waals surface area contributed by atoms with E-state index in [9.17, 15) is 22.0 Å². The minimum absolute atomic E-state index is 0.0729. The fraction of sp³-hybridized carbons (Fsp3) is 0.435. The Kier molecular flexibility index (Phi) is 8.25. The Labute approximate surface area is 192 Å². The molecule has 0 spiro atoms. The van der Waals surface area contributed by atoms with E-state index in [-0.39, 0.29) is 28.8 Å². The van der Waals surface area contributed by atoms with Gasteiger partial charge in [0.25, 0.3) is 5.91 Å². The molecule has 2 aromatic rings. The van der Waals surface area contributed by atoms with Crippen LogP contribution in [0.2, 0.25) is 0 Å². The van der Waals surface area contributed by atoms with E-state index in [2.05, 4.69) is 17.0 Å². The molecular formula is C23H28F2N2O5S. The van der Waals surface area contributed by atoms with Crippen LogP contribution in [0.4, 0.5) is 8.78 Å². The number of nitrogens with zero attached hydrogens (tertiary/aromatic N) is 1. The second-order valence-corrected chi connectivity index (χ2v) is 9.92. The topological polar surface area (TPSA) is 84.9 Å². The molecule has 1 heterocycles. The molecule has 180 valence electrons. The van der Waals surface area contributed by atoms with Gasteiger partial charge < -0.3 is 14.8 Å². The van der Waals surface area contributed by atoms with Crippen molar-refractivity contribution in [1.29, 1.82) is 0 Å². The number of amides is 1. The average molecular weight is 483 g/mol. The van der Waals surface area contributed by atoms with Gasteiger partial charge in [-0.15, -0.1) is 0 Å². The number of nitrogens with one attached hydrogen (secondary N) is 1. The molecule has 1 aliphatic heterocycles. The van der Waals surface area contributed by atoms with Crippen LogP contribution in [0.15, 0.2) is 47.4 Å². The van der Waals surface area contributed by atoms with E-state index in [0.717, 1.165) is 12.8 Å². The van der Waals surface area contributed by atoms with Gasteiger partial charge in [0.05, 0.1) is 12.0 Å². The van der Waals surface area contributed by atoms with Crippen molar-refractivity contribution in [2.45, 2.75) is 37.7 Å². The molecule has 0 saturated carbocycles. The zero-order valence-electron chi connectivity index (χ0n) is 18.6. The van der Waals surface area contributed by atoms with Crippen LogP contribution < -0.4 is 14.8 Å². The fourth-order valence-electron chi connectivity index (χ4n) is 3.64. The van der Waals surface area contributed by atoms with Crippen molar-refractivity contribution in [3.8, 4) is 11.5 Å². The molecule has 7 nitrogen and oxygen atoms in total. The van der Waals surface area contributed by atoms with Crippen molar-refractivity contribution in [2.24, 2.45) is 5.92 Å². The number of sulfonamides is 1. The first-order chi connectivity index (χ1) is 15.7. The zero-order chi connectivity index (χ0) is 24.0. The van der Waals surface area contributed by atoms with Crippen molar-refractivity contribution < 1.29 is 31.5 Å². The number of alkyl halides is 2. The maximum atomic E-state index is 12.8. The van der Waals surface area contributed by atoms with Crippen molar-refractivity contribution in [1.82, 2.24) is 9.62 Å². The predicted octanol–water partition coefficient (Wildman–Crippen LogP) is 3.69. The van der Waals surface area contributed by atoms with Gasteiger partial charge in [0.1, 0.15) is 0 Å². The van der Waals surface area contributed by atoms with E-state index >= 15 is 0 Å². The van der Waals surface area contributed by atoms with E-state index in [1.54, 1.807) is 6.07 Å². The van der Waals surface area contributed by atoms with Gasteiger partial charge in [-0.2, -0.15) is 13.1 Å². The molecule has 0 aromatic heterocycles. The molecule has 10 heteroatoms. The minimum Gasteiger partial charge on any atom is -0.493 e. The Morgan fingerprint density at radius 1 is 1.12 bits per heavy atom. The molecule has 1 fully saturated rings. The predicted molar refractivity (Wildman–Crippen MR) is 119 cm³/mol. The van der Waals surface area contributed by atoms with Gasteiger partial charge in [0.15, 0.2) is 11.5 Å². The summed E-state index contributed by atoms with van der Waals surface area (Å²) in [5.41, 5.74) is 1.02. The third-order valence-corrected chi connectivity index (χ3v) is 7.55. The Bertz CT molecular complexity index is 1050. The highest BCUT2D eigenvalue weighted by atomic mass is 32.2. The molecule has 3 rings (SSSR count). The smallest absolute Gasteiger partial charge is 0.387 e. The number of piperidine rings is 1. The number of carbonyl (C=O) groups excluding carboxylic acids is 1. The first-order valence-electron chi connectivity index (χ1n) is 10.7. The van der Waals surface area contributed by atoms with Crippen LogP contribution >= 0.6 is 0 Å². The summed E-state index contributed by atoms with van der Waals surface area (Å²) < 4.78 is 61.7. The van der Waals surface area contributed by atoms with Crippen LogP contribution in [0, 0.1) is 5.92 Å². The van der Waals surface area contributed by atoms with Gasteiger partial charge in [-0.05, 0) is 67.1 Å². The number of ether oxygens (including phenoxy) is 2. The summed E-state index contributed by atoms with van der Waals surface area (Å²) in [5, 5.41) is 2.74. The van der Waals surface area contributed by atoms with Crippen LogP contribution in [0.25, 0.3) is 0 Å². The summed E-state index contributed by atoms with van der Waals surface area (Å²) in [6, 6.07) is 10.5.